The first-order valence-electron chi connectivity index (χ1n) is 5.77. The summed E-state index contributed by atoms with van der Waals surface area (Å²) in [6.07, 6.45) is 3.61. The Morgan fingerprint density at radius 1 is 1.53 bits per heavy atom. The Morgan fingerprint density at radius 2 is 2.35 bits per heavy atom. The summed E-state index contributed by atoms with van der Waals surface area (Å²) in [5.74, 6) is 0. The van der Waals surface area contributed by atoms with E-state index in [0.29, 0.717) is 12.2 Å². The first-order valence-corrected chi connectivity index (χ1v) is 5.77. The summed E-state index contributed by atoms with van der Waals surface area (Å²) in [6.45, 7) is 2.73. The fourth-order valence-electron chi connectivity index (χ4n) is 1.78. The lowest BCUT2D eigenvalue weighted by Gasteiger charge is -2.16. The average Bonchev–Trinajstić information content (AvgIpc) is 2.90. The number of tetrazole rings is 1. The summed E-state index contributed by atoms with van der Waals surface area (Å²) in [5.41, 5.74) is 1.74. The zero-order chi connectivity index (χ0) is 11.9. The van der Waals surface area contributed by atoms with Gasteiger partial charge in [0.1, 0.15) is 0 Å². The fourth-order valence-corrected chi connectivity index (χ4v) is 1.78. The van der Waals surface area contributed by atoms with Gasteiger partial charge in [-0.1, -0.05) is 6.07 Å². The van der Waals surface area contributed by atoms with Crippen LogP contribution in [0.15, 0.2) is 18.3 Å². The Bertz CT molecular complexity index is 533. The molecule has 6 heteroatoms. The highest BCUT2D eigenvalue weighted by molar-refractivity contribution is 5.36. The third-order valence-electron chi connectivity index (χ3n) is 3.32. The molecule has 90 valence electrons. The van der Waals surface area contributed by atoms with Crippen molar-refractivity contribution in [2.24, 2.45) is 0 Å². The first-order chi connectivity index (χ1) is 8.16. The van der Waals surface area contributed by atoms with Crippen LogP contribution >= 0.6 is 0 Å². The van der Waals surface area contributed by atoms with E-state index in [1.807, 2.05) is 6.07 Å². The quantitative estimate of drug-likeness (QED) is 0.794. The van der Waals surface area contributed by atoms with E-state index < -0.39 is 6.10 Å². The van der Waals surface area contributed by atoms with Gasteiger partial charge >= 0.3 is 0 Å². The third-order valence-corrected chi connectivity index (χ3v) is 3.32. The molecule has 1 atom stereocenters. The van der Waals surface area contributed by atoms with Gasteiger partial charge in [0.15, 0.2) is 5.65 Å². The van der Waals surface area contributed by atoms with E-state index in [4.69, 9.17) is 0 Å². The van der Waals surface area contributed by atoms with Gasteiger partial charge < -0.3 is 10.4 Å². The Hall–Kier alpha value is -1.53. The normalized spacial score (nSPS) is 19.4. The van der Waals surface area contributed by atoms with Crippen LogP contribution in [0.4, 0.5) is 0 Å². The lowest BCUT2D eigenvalue weighted by Crippen LogP contribution is -2.32. The number of hydrogen-bond acceptors (Lipinski definition) is 5. The Labute approximate surface area is 98.6 Å². The molecule has 1 aliphatic rings. The predicted octanol–water partition coefficient (Wildman–Crippen LogP) is 0.300. The number of aromatic nitrogens is 4. The molecule has 1 unspecified atom stereocenters. The van der Waals surface area contributed by atoms with E-state index in [-0.39, 0.29) is 5.54 Å². The van der Waals surface area contributed by atoms with Crippen molar-refractivity contribution in [2.75, 3.05) is 6.54 Å². The minimum absolute atomic E-state index is 0.236. The summed E-state index contributed by atoms with van der Waals surface area (Å²) in [4.78, 5) is 0. The second kappa shape index (κ2) is 3.75. The lowest BCUT2D eigenvalue weighted by molar-refractivity contribution is 0.168. The van der Waals surface area contributed by atoms with Gasteiger partial charge in [-0.2, -0.15) is 0 Å². The highest BCUT2D eigenvalue weighted by Crippen LogP contribution is 2.34. The topological polar surface area (TPSA) is 75.3 Å². The molecule has 0 bridgehead atoms. The molecule has 0 aromatic carbocycles. The van der Waals surface area contributed by atoms with Crippen LogP contribution in [0.3, 0.4) is 0 Å². The fraction of sp³-hybridized carbons (Fsp3) is 0.545. The second-order valence-corrected chi connectivity index (χ2v) is 4.90. The molecular weight excluding hydrogens is 218 g/mol. The van der Waals surface area contributed by atoms with Crippen LogP contribution in [0.2, 0.25) is 0 Å². The van der Waals surface area contributed by atoms with E-state index >= 15 is 0 Å². The largest absolute Gasteiger partial charge is 0.387 e. The van der Waals surface area contributed by atoms with Gasteiger partial charge in [0.25, 0.3) is 0 Å². The van der Waals surface area contributed by atoms with Crippen LogP contribution in [-0.4, -0.2) is 37.2 Å². The zero-order valence-electron chi connectivity index (χ0n) is 9.67. The third kappa shape index (κ3) is 2.13. The molecule has 0 spiro atoms. The number of aliphatic hydroxyl groups excluding tert-OH is 1. The molecule has 2 aromatic heterocycles. The van der Waals surface area contributed by atoms with Gasteiger partial charge in [0, 0.05) is 23.8 Å². The summed E-state index contributed by atoms with van der Waals surface area (Å²) < 4.78 is 1.57. The number of rotatable bonds is 4. The number of nitrogens with one attached hydrogen (secondary N) is 1. The van der Waals surface area contributed by atoms with Crippen molar-refractivity contribution >= 4 is 5.65 Å². The maximum Gasteiger partial charge on any atom is 0.179 e. The molecule has 0 saturated heterocycles. The van der Waals surface area contributed by atoms with Crippen molar-refractivity contribution in [3.8, 4) is 0 Å². The van der Waals surface area contributed by atoms with Gasteiger partial charge in [-0.05, 0) is 36.3 Å². The van der Waals surface area contributed by atoms with E-state index in [2.05, 4.69) is 27.8 Å². The molecular formula is C11H15N5O. The van der Waals surface area contributed by atoms with Crippen LogP contribution in [0, 0.1) is 0 Å². The van der Waals surface area contributed by atoms with Gasteiger partial charge in [0.05, 0.1) is 6.10 Å². The SMILES string of the molecule is CC1(NCC(O)c2ccc3nnnn3c2)CC1. The molecule has 17 heavy (non-hydrogen) atoms. The van der Waals surface area contributed by atoms with Crippen LogP contribution < -0.4 is 5.32 Å². The molecule has 3 rings (SSSR count). The minimum atomic E-state index is -0.527. The number of aliphatic hydroxyl groups is 1. The molecule has 0 aliphatic heterocycles. The van der Waals surface area contributed by atoms with Crippen LogP contribution in [0.5, 0.6) is 0 Å². The number of hydrogen-bond donors (Lipinski definition) is 2. The maximum absolute atomic E-state index is 10.1. The summed E-state index contributed by atoms with van der Waals surface area (Å²) in [5, 5.41) is 24.6. The average molecular weight is 233 g/mol. The highest BCUT2D eigenvalue weighted by atomic mass is 16.3. The standard InChI is InChI=1S/C11H15N5O/c1-11(4-5-11)12-6-9(17)8-2-3-10-13-14-15-16(10)7-8/h2-3,7,9,12,17H,4-6H2,1H3. The molecule has 0 radical (unpaired) electrons. The minimum Gasteiger partial charge on any atom is -0.387 e. The Morgan fingerprint density at radius 3 is 3.12 bits per heavy atom. The van der Waals surface area contributed by atoms with Gasteiger partial charge in [-0.15, -0.1) is 5.10 Å². The van der Waals surface area contributed by atoms with Crippen molar-refractivity contribution < 1.29 is 5.11 Å². The van der Waals surface area contributed by atoms with E-state index in [9.17, 15) is 5.11 Å². The summed E-state index contributed by atoms with van der Waals surface area (Å²) >= 11 is 0. The number of fused-ring (bicyclic) bond motifs is 1. The van der Waals surface area contributed by atoms with Gasteiger partial charge in [-0.3, -0.25) is 0 Å². The van der Waals surface area contributed by atoms with Crippen molar-refractivity contribution in [2.45, 2.75) is 31.4 Å². The molecule has 6 nitrogen and oxygen atoms in total. The maximum atomic E-state index is 10.1. The second-order valence-electron chi connectivity index (χ2n) is 4.90. The molecule has 2 aromatic rings. The van der Waals surface area contributed by atoms with Crippen LogP contribution in [0.1, 0.15) is 31.4 Å². The molecule has 1 saturated carbocycles. The zero-order valence-corrected chi connectivity index (χ0v) is 9.67. The van der Waals surface area contributed by atoms with Crippen molar-refractivity contribution in [3.05, 3.63) is 23.9 Å². The van der Waals surface area contributed by atoms with Gasteiger partial charge in [0.2, 0.25) is 0 Å². The van der Waals surface area contributed by atoms with Gasteiger partial charge in [-0.25, -0.2) is 4.52 Å². The number of β-amino-alcohol motifs (C(OH)–C–C–N with tert-alkyl or cyclic N) is 1. The molecule has 2 N–H and O–H groups in total. The number of nitrogens with zero attached hydrogens (tertiary/aromatic N) is 4. The van der Waals surface area contributed by atoms with E-state index in [1.165, 1.54) is 12.8 Å². The molecule has 1 aliphatic carbocycles. The lowest BCUT2D eigenvalue weighted by atomic mass is 10.1. The highest BCUT2D eigenvalue weighted by Gasteiger charge is 2.36. The predicted molar refractivity (Wildman–Crippen MR) is 61.4 cm³/mol. The Balaban J connectivity index is 1.73. The monoisotopic (exact) mass is 233 g/mol. The van der Waals surface area contributed by atoms with Crippen molar-refractivity contribution in [1.82, 2.24) is 25.4 Å². The number of pyridine rings is 1. The van der Waals surface area contributed by atoms with Crippen molar-refractivity contribution in [1.29, 1.82) is 0 Å². The van der Waals surface area contributed by atoms with Crippen LogP contribution in [0.25, 0.3) is 5.65 Å². The summed E-state index contributed by atoms with van der Waals surface area (Å²) in [7, 11) is 0. The van der Waals surface area contributed by atoms with Crippen molar-refractivity contribution in [3.63, 3.8) is 0 Å². The first kappa shape index (κ1) is 10.6. The molecule has 2 heterocycles. The van der Waals surface area contributed by atoms with Crippen LogP contribution in [-0.2, 0) is 0 Å². The summed E-state index contributed by atoms with van der Waals surface area (Å²) in [6, 6.07) is 3.66. The molecule has 1 fully saturated rings. The smallest absolute Gasteiger partial charge is 0.179 e. The van der Waals surface area contributed by atoms with E-state index in [0.717, 1.165) is 5.56 Å². The van der Waals surface area contributed by atoms with E-state index in [1.54, 1.807) is 16.8 Å². The Kier molecular flexibility index (Phi) is 2.34. The molecule has 0 amide bonds.